The summed E-state index contributed by atoms with van der Waals surface area (Å²) in [7, 11) is 0. The first kappa shape index (κ1) is 14.5. The minimum Gasteiger partial charge on any atom is -0.343 e. The van der Waals surface area contributed by atoms with Gasteiger partial charge in [0, 0.05) is 20.0 Å². The highest BCUT2D eigenvalue weighted by Crippen LogP contribution is 2.57. The third-order valence-corrected chi connectivity index (χ3v) is 4.93. The number of likely N-dealkylation sites (tertiary alicyclic amines) is 1. The summed E-state index contributed by atoms with van der Waals surface area (Å²) in [4.78, 5) is 13.4. The highest BCUT2D eigenvalue weighted by atomic mass is 16.2. The van der Waals surface area contributed by atoms with E-state index in [9.17, 15) is 4.79 Å². The molecule has 17 heavy (non-hydrogen) atoms. The predicted octanol–water partition coefficient (Wildman–Crippen LogP) is 3.71. The molecule has 100 valence electrons. The van der Waals surface area contributed by atoms with Crippen molar-refractivity contribution in [2.45, 2.75) is 61.3 Å². The smallest absolute Gasteiger partial charge is 0.219 e. The van der Waals surface area contributed by atoms with Gasteiger partial charge in [-0.25, -0.2) is 0 Å². The molecule has 0 bridgehead atoms. The van der Waals surface area contributed by atoms with Crippen molar-refractivity contribution in [3.05, 3.63) is 0 Å². The molecule has 1 rings (SSSR count). The first-order chi connectivity index (χ1) is 7.51. The number of hydrogen-bond acceptors (Lipinski definition) is 1. The fourth-order valence-electron chi connectivity index (χ4n) is 3.83. The van der Waals surface area contributed by atoms with Crippen LogP contribution in [-0.2, 0) is 4.79 Å². The summed E-state index contributed by atoms with van der Waals surface area (Å²) in [5.41, 5.74) is 0.897. The highest BCUT2D eigenvalue weighted by Gasteiger charge is 2.51. The van der Waals surface area contributed by atoms with Gasteiger partial charge < -0.3 is 4.90 Å². The van der Waals surface area contributed by atoms with Crippen LogP contribution in [-0.4, -0.2) is 23.9 Å². The minimum atomic E-state index is 0.224. The molecule has 0 spiro atoms. The second-order valence-corrected chi connectivity index (χ2v) is 7.59. The second-order valence-electron chi connectivity index (χ2n) is 7.59. The standard InChI is InChI=1S/C15H29NO/c1-12(17)16-10-8-15(9-11-16,13(2,3)4)14(5,6)7/h8-11H2,1-7H3. The monoisotopic (exact) mass is 239 g/mol. The van der Waals surface area contributed by atoms with Crippen LogP contribution in [0.3, 0.4) is 0 Å². The Morgan fingerprint density at radius 1 is 0.941 bits per heavy atom. The number of rotatable bonds is 0. The number of nitrogens with zero attached hydrogens (tertiary/aromatic N) is 1. The van der Waals surface area contributed by atoms with Crippen molar-refractivity contribution in [3.63, 3.8) is 0 Å². The van der Waals surface area contributed by atoms with Crippen molar-refractivity contribution in [1.82, 2.24) is 4.90 Å². The molecule has 1 fully saturated rings. The third kappa shape index (κ3) is 2.51. The molecule has 0 unspecified atom stereocenters. The molecule has 1 aliphatic rings. The zero-order valence-electron chi connectivity index (χ0n) is 12.7. The Bertz CT molecular complexity index is 269. The van der Waals surface area contributed by atoms with Crippen LogP contribution in [0.1, 0.15) is 61.3 Å². The number of hydrogen-bond donors (Lipinski definition) is 0. The van der Waals surface area contributed by atoms with Gasteiger partial charge in [0.05, 0.1) is 0 Å². The Morgan fingerprint density at radius 3 is 1.53 bits per heavy atom. The minimum absolute atomic E-state index is 0.224. The Balaban J connectivity index is 2.96. The van der Waals surface area contributed by atoms with Crippen LogP contribution < -0.4 is 0 Å². The molecule has 0 aliphatic carbocycles. The summed E-state index contributed by atoms with van der Waals surface area (Å²) in [5.74, 6) is 0.224. The molecule has 1 heterocycles. The highest BCUT2D eigenvalue weighted by molar-refractivity contribution is 5.73. The van der Waals surface area contributed by atoms with Crippen molar-refractivity contribution in [2.24, 2.45) is 16.2 Å². The lowest BCUT2D eigenvalue weighted by molar-refractivity contribution is -0.137. The normalized spacial score (nSPS) is 21.5. The largest absolute Gasteiger partial charge is 0.343 e. The zero-order chi connectivity index (χ0) is 13.5. The van der Waals surface area contributed by atoms with E-state index in [-0.39, 0.29) is 16.7 Å². The van der Waals surface area contributed by atoms with Crippen LogP contribution in [0.2, 0.25) is 0 Å². The van der Waals surface area contributed by atoms with Gasteiger partial charge in [0.15, 0.2) is 0 Å². The summed E-state index contributed by atoms with van der Waals surface area (Å²) in [6.45, 7) is 17.6. The van der Waals surface area contributed by atoms with E-state index >= 15 is 0 Å². The Labute approximate surface area is 107 Å². The lowest BCUT2D eigenvalue weighted by Gasteiger charge is -2.57. The van der Waals surface area contributed by atoms with Gasteiger partial charge in [-0.15, -0.1) is 0 Å². The van der Waals surface area contributed by atoms with Crippen molar-refractivity contribution in [2.75, 3.05) is 13.1 Å². The van der Waals surface area contributed by atoms with Crippen molar-refractivity contribution in [3.8, 4) is 0 Å². The molecule has 0 aromatic rings. The van der Waals surface area contributed by atoms with E-state index in [0.29, 0.717) is 5.41 Å². The molecular weight excluding hydrogens is 210 g/mol. The average Bonchev–Trinajstić information content (AvgIpc) is 2.14. The van der Waals surface area contributed by atoms with Gasteiger partial charge in [-0.05, 0) is 29.1 Å². The van der Waals surface area contributed by atoms with E-state index in [1.54, 1.807) is 6.92 Å². The molecule has 1 aliphatic heterocycles. The number of carbonyl (C=O) groups excluding carboxylic acids is 1. The Hall–Kier alpha value is -0.530. The molecule has 0 atom stereocenters. The maximum absolute atomic E-state index is 11.4. The van der Waals surface area contributed by atoms with Gasteiger partial charge in [0.2, 0.25) is 5.91 Å². The SMILES string of the molecule is CC(=O)N1CCC(C(C)(C)C)(C(C)(C)C)CC1. The number of carbonyl (C=O) groups is 1. The van der Waals surface area contributed by atoms with Crippen LogP contribution in [0.5, 0.6) is 0 Å². The van der Waals surface area contributed by atoms with Crippen LogP contribution in [0.25, 0.3) is 0 Å². The van der Waals surface area contributed by atoms with Crippen LogP contribution in [0.15, 0.2) is 0 Å². The van der Waals surface area contributed by atoms with Gasteiger partial charge in [-0.1, -0.05) is 41.5 Å². The first-order valence-corrected chi connectivity index (χ1v) is 6.77. The molecule has 2 heteroatoms. The molecule has 0 saturated carbocycles. The maximum Gasteiger partial charge on any atom is 0.219 e. The van der Waals surface area contributed by atoms with E-state index in [4.69, 9.17) is 0 Å². The van der Waals surface area contributed by atoms with Crippen molar-refractivity contribution in [1.29, 1.82) is 0 Å². The molecule has 0 N–H and O–H groups in total. The fourth-order valence-corrected chi connectivity index (χ4v) is 3.83. The van der Waals surface area contributed by atoms with E-state index in [2.05, 4.69) is 41.5 Å². The number of piperidine rings is 1. The molecule has 1 saturated heterocycles. The van der Waals surface area contributed by atoms with Crippen LogP contribution >= 0.6 is 0 Å². The van der Waals surface area contributed by atoms with E-state index < -0.39 is 0 Å². The van der Waals surface area contributed by atoms with E-state index in [0.717, 1.165) is 25.9 Å². The van der Waals surface area contributed by atoms with Gasteiger partial charge in [-0.3, -0.25) is 4.79 Å². The summed E-state index contributed by atoms with van der Waals surface area (Å²) in [5, 5.41) is 0. The van der Waals surface area contributed by atoms with Gasteiger partial charge in [-0.2, -0.15) is 0 Å². The maximum atomic E-state index is 11.4. The number of amides is 1. The predicted molar refractivity (Wildman–Crippen MR) is 72.8 cm³/mol. The van der Waals surface area contributed by atoms with Crippen molar-refractivity contribution >= 4 is 5.91 Å². The molecule has 0 radical (unpaired) electrons. The van der Waals surface area contributed by atoms with Gasteiger partial charge >= 0.3 is 0 Å². The molecule has 0 aromatic heterocycles. The fraction of sp³-hybridized carbons (Fsp3) is 0.933. The lowest BCUT2D eigenvalue weighted by atomic mass is 9.50. The third-order valence-electron chi connectivity index (χ3n) is 4.93. The van der Waals surface area contributed by atoms with Crippen LogP contribution in [0.4, 0.5) is 0 Å². The van der Waals surface area contributed by atoms with E-state index in [1.807, 2.05) is 4.90 Å². The lowest BCUT2D eigenvalue weighted by Crippen LogP contribution is -2.54. The molecular formula is C15H29NO. The molecule has 0 aromatic carbocycles. The topological polar surface area (TPSA) is 20.3 Å². The van der Waals surface area contributed by atoms with Crippen LogP contribution in [0, 0.1) is 16.2 Å². The Kier molecular flexibility index (Phi) is 3.67. The van der Waals surface area contributed by atoms with Gasteiger partial charge in [0.25, 0.3) is 0 Å². The summed E-state index contributed by atoms with van der Waals surface area (Å²) in [6, 6.07) is 0. The van der Waals surface area contributed by atoms with E-state index in [1.165, 1.54) is 0 Å². The second kappa shape index (κ2) is 4.29. The zero-order valence-corrected chi connectivity index (χ0v) is 12.7. The Morgan fingerprint density at radius 2 is 1.29 bits per heavy atom. The summed E-state index contributed by atoms with van der Waals surface area (Å²) < 4.78 is 0. The molecule has 1 amide bonds. The first-order valence-electron chi connectivity index (χ1n) is 6.77. The average molecular weight is 239 g/mol. The summed E-state index contributed by atoms with van der Waals surface area (Å²) in [6.07, 6.45) is 2.25. The quantitative estimate of drug-likeness (QED) is 0.631. The summed E-state index contributed by atoms with van der Waals surface area (Å²) >= 11 is 0. The van der Waals surface area contributed by atoms with Crippen molar-refractivity contribution < 1.29 is 4.79 Å². The van der Waals surface area contributed by atoms with Gasteiger partial charge in [0.1, 0.15) is 0 Å². The molecule has 2 nitrogen and oxygen atoms in total.